The van der Waals surface area contributed by atoms with Gasteiger partial charge in [0.15, 0.2) is 11.5 Å². The largest absolute Gasteiger partial charge is 0.504 e. The Kier molecular flexibility index (Phi) is 9.62. The predicted molar refractivity (Wildman–Crippen MR) is 97.2 cm³/mol. The second kappa shape index (κ2) is 11.2. The van der Waals surface area contributed by atoms with Crippen LogP contribution in [0.5, 0.6) is 11.5 Å². The Morgan fingerprint density at radius 2 is 1.71 bits per heavy atom. The first-order valence-corrected chi connectivity index (χ1v) is 10.3. The SMILES string of the molecule is CCO[Si](CCCN=Cc1ccc(O)c(OC)c1)(OCC)OCC. The van der Waals surface area contributed by atoms with Gasteiger partial charge < -0.3 is 23.1 Å². The Bertz CT molecular complexity index is 493. The average molecular weight is 356 g/mol. The summed E-state index contributed by atoms with van der Waals surface area (Å²) >= 11 is 0. The molecule has 7 heteroatoms. The smallest absolute Gasteiger partial charge is 0.500 e. The molecule has 1 N–H and O–H groups in total. The molecule has 24 heavy (non-hydrogen) atoms. The molecule has 0 spiro atoms. The highest BCUT2D eigenvalue weighted by molar-refractivity contribution is 6.60. The first-order valence-electron chi connectivity index (χ1n) is 8.39. The highest BCUT2D eigenvalue weighted by Gasteiger charge is 2.39. The number of ether oxygens (including phenoxy) is 1. The molecular formula is C17H29NO5Si. The van der Waals surface area contributed by atoms with E-state index in [1.165, 1.54) is 7.11 Å². The number of hydrogen-bond acceptors (Lipinski definition) is 6. The third-order valence-corrected chi connectivity index (χ3v) is 6.46. The van der Waals surface area contributed by atoms with Gasteiger partial charge in [-0.25, -0.2) is 0 Å². The van der Waals surface area contributed by atoms with Crippen LogP contribution in [0.3, 0.4) is 0 Å². The first kappa shape index (κ1) is 20.6. The molecule has 0 saturated heterocycles. The first-order chi connectivity index (χ1) is 11.6. The molecule has 0 unspecified atom stereocenters. The highest BCUT2D eigenvalue weighted by atomic mass is 28.4. The zero-order valence-electron chi connectivity index (χ0n) is 15.1. The fourth-order valence-corrected chi connectivity index (χ4v) is 4.93. The molecule has 0 aliphatic carbocycles. The van der Waals surface area contributed by atoms with E-state index in [0.29, 0.717) is 32.1 Å². The van der Waals surface area contributed by atoms with Crippen molar-refractivity contribution in [2.24, 2.45) is 4.99 Å². The molecule has 0 saturated carbocycles. The van der Waals surface area contributed by atoms with E-state index in [9.17, 15) is 5.11 Å². The number of rotatable bonds is 12. The molecule has 0 atom stereocenters. The lowest BCUT2D eigenvalue weighted by Crippen LogP contribution is -2.46. The Hall–Kier alpha value is -1.41. The van der Waals surface area contributed by atoms with Gasteiger partial charge in [0.2, 0.25) is 0 Å². The summed E-state index contributed by atoms with van der Waals surface area (Å²) in [4.78, 5) is 4.42. The van der Waals surface area contributed by atoms with Crippen LogP contribution in [-0.2, 0) is 13.3 Å². The maximum atomic E-state index is 9.58. The van der Waals surface area contributed by atoms with Gasteiger partial charge in [0.25, 0.3) is 0 Å². The van der Waals surface area contributed by atoms with Crippen molar-refractivity contribution in [2.75, 3.05) is 33.5 Å². The van der Waals surface area contributed by atoms with E-state index in [4.69, 9.17) is 18.0 Å². The summed E-state index contributed by atoms with van der Waals surface area (Å²) in [5, 5.41) is 9.58. The number of phenols is 1. The summed E-state index contributed by atoms with van der Waals surface area (Å²) in [6.07, 6.45) is 2.60. The fourth-order valence-electron chi connectivity index (χ4n) is 2.33. The van der Waals surface area contributed by atoms with E-state index >= 15 is 0 Å². The van der Waals surface area contributed by atoms with Crippen LogP contribution in [0.2, 0.25) is 6.04 Å². The van der Waals surface area contributed by atoms with Gasteiger partial charge in [0.05, 0.1) is 7.11 Å². The van der Waals surface area contributed by atoms with Gasteiger partial charge >= 0.3 is 8.80 Å². The standard InChI is InChI=1S/C17H29NO5Si/c1-5-21-24(22-6-2,23-7-3)12-8-11-18-14-15-9-10-16(19)17(13-15)20-4/h9-10,13-14,19H,5-8,11-12H2,1-4H3. The Morgan fingerprint density at radius 1 is 1.08 bits per heavy atom. The van der Waals surface area contributed by atoms with Crippen molar-refractivity contribution in [3.8, 4) is 11.5 Å². The summed E-state index contributed by atoms with van der Waals surface area (Å²) in [5.41, 5.74) is 0.882. The van der Waals surface area contributed by atoms with E-state index < -0.39 is 8.80 Å². The van der Waals surface area contributed by atoms with E-state index in [1.54, 1.807) is 24.4 Å². The highest BCUT2D eigenvalue weighted by Crippen LogP contribution is 2.25. The molecule has 0 aromatic heterocycles. The molecule has 0 amide bonds. The van der Waals surface area contributed by atoms with Gasteiger partial charge in [-0.15, -0.1) is 0 Å². The number of phenolic OH excluding ortho intramolecular Hbond substituents is 1. The number of nitrogens with zero attached hydrogens (tertiary/aromatic N) is 1. The maximum Gasteiger partial charge on any atom is 0.500 e. The van der Waals surface area contributed by atoms with Gasteiger partial charge in [-0.05, 0) is 51.0 Å². The minimum Gasteiger partial charge on any atom is -0.504 e. The van der Waals surface area contributed by atoms with Crippen molar-refractivity contribution in [3.05, 3.63) is 23.8 Å². The Morgan fingerprint density at radius 3 is 2.25 bits per heavy atom. The molecule has 1 aromatic rings. The van der Waals surface area contributed by atoms with Crippen molar-refractivity contribution in [2.45, 2.75) is 33.2 Å². The molecule has 1 rings (SSSR count). The minimum absolute atomic E-state index is 0.121. The molecule has 0 fully saturated rings. The van der Waals surface area contributed by atoms with Crippen molar-refractivity contribution in [3.63, 3.8) is 0 Å². The summed E-state index contributed by atoms with van der Waals surface area (Å²) in [7, 11) is -1.05. The molecule has 0 aliphatic rings. The average Bonchev–Trinajstić information content (AvgIpc) is 2.56. The summed E-state index contributed by atoms with van der Waals surface area (Å²) < 4.78 is 22.5. The third-order valence-electron chi connectivity index (χ3n) is 3.31. The molecule has 136 valence electrons. The number of aromatic hydroxyl groups is 1. The second-order valence-electron chi connectivity index (χ2n) is 5.05. The van der Waals surface area contributed by atoms with Crippen LogP contribution in [0.1, 0.15) is 32.8 Å². The van der Waals surface area contributed by atoms with Crippen LogP contribution in [0.15, 0.2) is 23.2 Å². The molecule has 0 radical (unpaired) electrons. The lowest BCUT2D eigenvalue weighted by Gasteiger charge is -2.28. The van der Waals surface area contributed by atoms with E-state index in [2.05, 4.69) is 4.99 Å². The van der Waals surface area contributed by atoms with Crippen LogP contribution >= 0.6 is 0 Å². The van der Waals surface area contributed by atoms with Crippen LogP contribution in [0.25, 0.3) is 0 Å². The topological polar surface area (TPSA) is 69.5 Å². The molecule has 0 bridgehead atoms. The molecule has 6 nitrogen and oxygen atoms in total. The normalized spacial score (nSPS) is 12.0. The van der Waals surface area contributed by atoms with Crippen LogP contribution in [0.4, 0.5) is 0 Å². The molecule has 1 aromatic carbocycles. The zero-order valence-corrected chi connectivity index (χ0v) is 16.1. The maximum absolute atomic E-state index is 9.58. The summed E-state index contributed by atoms with van der Waals surface area (Å²) in [6.45, 7) is 8.28. The third kappa shape index (κ3) is 6.60. The predicted octanol–water partition coefficient (Wildman–Crippen LogP) is 3.26. The van der Waals surface area contributed by atoms with Crippen molar-refractivity contribution in [1.82, 2.24) is 0 Å². The van der Waals surface area contributed by atoms with Crippen molar-refractivity contribution in [1.29, 1.82) is 0 Å². The van der Waals surface area contributed by atoms with Gasteiger partial charge in [-0.1, -0.05) is 0 Å². The van der Waals surface area contributed by atoms with Gasteiger partial charge in [-0.3, -0.25) is 4.99 Å². The van der Waals surface area contributed by atoms with Crippen LogP contribution < -0.4 is 4.74 Å². The summed E-state index contributed by atoms with van der Waals surface area (Å²) in [6, 6.07) is 5.88. The van der Waals surface area contributed by atoms with Crippen molar-refractivity contribution < 1.29 is 23.1 Å². The molecule has 0 aliphatic heterocycles. The second-order valence-corrected chi connectivity index (χ2v) is 7.78. The Balaban J connectivity index is 2.55. The van der Waals surface area contributed by atoms with Gasteiger partial charge in [0, 0.05) is 38.6 Å². The minimum atomic E-state index is -2.57. The number of methoxy groups -OCH3 is 1. The summed E-state index contributed by atoms with van der Waals surface area (Å²) in [5.74, 6) is 0.560. The fraction of sp³-hybridized carbons (Fsp3) is 0.588. The van der Waals surface area contributed by atoms with Gasteiger partial charge in [0.1, 0.15) is 0 Å². The molecular weight excluding hydrogens is 326 g/mol. The molecule has 0 heterocycles. The van der Waals surface area contributed by atoms with Gasteiger partial charge in [-0.2, -0.15) is 0 Å². The Labute approximate surface area is 145 Å². The lowest BCUT2D eigenvalue weighted by atomic mass is 10.2. The number of benzene rings is 1. The van der Waals surface area contributed by atoms with Crippen LogP contribution in [-0.4, -0.2) is 53.6 Å². The van der Waals surface area contributed by atoms with E-state index in [-0.39, 0.29) is 5.75 Å². The monoisotopic (exact) mass is 355 g/mol. The number of hydrogen-bond donors (Lipinski definition) is 1. The van der Waals surface area contributed by atoms with Crippen LogP contribution in [0, 0.1) is 0 Å². The zero-order chi connectivity index (χ0) is 17.8. The van der Waals surface area contributed by atoms with E-state index in [1.807, 2.05) is 20.8 Å². The van der Waals surface area contributed by atoms with E-state index in [0.717, 1.165) is 18.0 Å². The number of aliphatic imine (C=N–C) groups is 1. The van der Waals surface area contributed by atoms with Crippen molar-refractivity contribution >= 4 is 15.0 Å². The lowest BCUT2D eigenvalue weighted by molar-refractivity contribution is 0.0710. The quantitative estimate of drug-likeness (QED) is 0.354.